The van der Waals surface area contributed by atoms with E-state index in [0.717, 1.165) is 44.8 Å². The quantitative estimate of drug-likeness (QED) is 0.233. The van der Waals surface area contributed by atoms with E-state index in [2.05, 4.69) is 33.5 Å². The van der Waals surface area contributed by atoms with E-state index in [1.165, 1.54) is 0 Å². The van der Waals surface area contributed by atoms with E-state index in [1.807, 2.05) is 77.1 Å². The van der Waals surface area contributed by atoms with Gasteiger partial charge >= 0.3 is 5.97 Å². The summed E-state index contributed by atoms with van der Waals surface area (Å²) < 4.78 is 14.8. The van der Waals surface area contributed by atoms with Crippen molar-refractivity contribution in [1.29, 1.82) is 0 Å². The third kappa shape index (κ3) is 5.36. The molecule has 1 atom stereocenters. The van der Waals surface area contributed by atoms with Crippen LogP contribution in [0.5, 0.6) is 5.75 Å². The highest BCUT2D eigenvalue weighted by Gasteiger charge is 2.34. The molecule has 5 rings (SSSR count). The topological polar surface area (TPSA) is 89.2 Å². The van der Waals surface area contributed by atoms with Crippen molar-refractivity contribution in [3.05, 3.63) is 76.4 Å². The fourth-order valence-corrected chi connectivity index (χ4v) is 5.50. The third-order valence-electron chi connectivity index (χ3n) is 6.78. The lowest BCUT2D eigenvalue weighted by Gasteiger charge is -2.32. The van der Waals surface area contributed by atoms with Gasteiger partial charge in [0.05, 0.1) is 29.2 Å². The van der Waals surface area contributed by atoms with Gasteiger partial charge in [-0.05, 0) is 64.4 Å². The van der Waals surface area contributed by atoms with E-state index >= 15 is 0 Å². The molecule has 4 aromatic rings. The van der Waals surface area contributed by atoms with Crippen molar-refractivity contribution in [3.8, 4) is 28.3 Å². The average Bonchev–Trinajstić information content (AvgIpc) is 3.30. The zero-order valence-electron chi connectivity index (χ0n) is 23.4. The summed E-state index contributed by atoms with van der Waals surface area (Å²) in [5.41, 5.74) is 5.87. The van der Waals surface area contributed by atoms with Crippen LogP contribution in [0.3, 0.4) is 0 Å². The lowest BCUT2D eigenvalue weighted by atomic mass is 9.95. The molecule has 1 unspecified atom stereocenters. The molecule has 8 nitrogen and oxygen atoms in total. The lowest BCUT2D eigenvalue weighted by Crippen LogP contribution is -2.33. The SMILES string of the molecule is C=CCN1CCOc2cc(C)c(-c3c(C(OC(C)(C)C)C(=O)O)c(C)nc4cc(-c5cccc(Br)c5)nn34)cc21. The minimum absolute atomic E-state index is 0.467. The number of nitrogens with zero attached hydrogens (tertiary/aromatic N) is 4. The summed E-state index contributed by atoms with van der Waals surface area (Å²) in [6.45, 7) is 15.2. The molecule has 1 aliphatic rings. The summed E-state index contributed by atoms with van der Waals surface area (Å²) in [4.78, 5) is 19.8. The van der Waals surface area contributed by atoms with Crippen molar-refractivity contribution in [2.45, 2.75) is 46.3 Å². The highest BCUT2D eigenvalue weighted by atomic mass is 79.9. The van der Waals surface area contributed by atoms with Gasteiger partial charge in [0, 0.05) is 39.5 Å². The highest BCUT2D eigenvalue weighted by molar-refractivity contribution is 9.10. The van der Waals surface area contributed by atoms with Gasteiger partial charge in [-0.1, -0.05) is 34.1 Å². The summed E-state index contributed by atoms with van der Waals surface area (Å²) >= 11 is 3.55. The number of hydrogen-bond donors (Lipinski definition) is 1. The molecule has 2 aromatic carbocycles. The van der Waals surface area contributed by atoms with Crippen molar-refractivity contribution < 1.29 is 19.4 Å². The molecule has 0 saturated carbocycles. The Hall–Kier alpha value is -3.69. The normalized spacial score (nSPS) is 14.1. The van der Waals surface area contributed by atoms with Gasteiger partial charge in [-0.2, -0.15) is 5.10 Å². The molecule has 0 spiro atoms. The zero-order valence-corrected chi connectivity index (χ0v) is 24.9. The zero-order chi connectivity index (χ0) is 28.8. The second-order valence-electron chi connectivity index (χ2n) is 10.9. The molecule has 0 fully saturated rings. The Bertz CT molecular complexity index is 1620. The summed E-state index contributed by atoms with van der Waals surface area (Å²) in [5.74, 6) is -0.305. The van der Waals surface area contributed by atoms with Crippen LogP contribution in [0.4, 0.5) is 5.69 Å². The van der Waals surface area contributed by atoms with Gasteiger partial charge in [0.2, 0.25) is 0 Å². The Morgan fingerprint density at radius 3 is 2.70 bits per heavy atom. The Kier molecular flexibility index (Phi) is 7.46. The van der Waals surface area contributed by atoms with Gasteiger partial charge in [-0.15, -0.1) is 6.58 Å². The maximum Gasteiger partial charge on any atom is 0.337 e. The first-order valence-corrected chi connectivity index (χ1v) is 14.0. The molecule has 0 aliphatic carbocycles. The van der Waals surface area contributed by atoms with Crippen LogP contribution in [0, 0.1) is 13.8 Å². The Morgan fingerprint density at radius 2 is 2.02 bits per heavy atom. The number of fused-ring (bicyclic) bond motifs is 2. The number of ether oxygens (including phenoxy) is 2. The van der Waals surface area contributed by atoms with Gasteiger partial charge in [-0.25, -0.2) is 14.3 Å². The van der Waals surface area contributed by atoms with Crippen molar-refractivity contribution >= 4 is 33.2 Å². The predicted octanol–water partition coefficient (Wildman–Crippen LogP) is 6.77. The molecule has 2 aromatic heterocycles. The van der Waals surface area contributed by atoms with Gasteiger partial charge in [0.1, 0.15) is 12.4 Å². The molecule has 0 radical (unpaired) electrons. The number of hydrogen-bond acceptors (Lipinski definition) is 6. The molecule has 0 saturated heterocycles. The molecule has 3 heterocycles. The first kappa shape index (κ1) is 27.9. The van der Waals surface area contributed by atoms with E-state index in [4.69, 9.17) is 19.6 Å². The van der Waals surface area contributed by atoms with Crippen LogP contribution in [-0.4, -0.2) is 51.0 Å². The van der Waals surface area contributed by atoms with Crippen LogP contribution in [0.15, 0.2) is 59.6 Å². The number of anilines is 1. The minimum atomic E-state index is -1.26. The molecule has 1 aliphatic heterocycles. The van der Waals surface area contributed by atoms with Crippen LogP contribution in [-0.2, 0) is 9.53 Å². The summed E-state index contributed by atoms with van der Waals surface area (Å²) in [6, 6.07) is 13.9. The van der Waals surface area contributed by atoms with E-state index < -0.39 is 17.7 Å². The fourth-order valence-electron chi connectivity index (χ4n) is 5.10. The molecule has 9 heteroatoms. The van der Waals surface area contributed by atoms with Crippen LogP contribution >= 0.6 is 15.9 Å². The van der Waals surface area contributed by atoms with E-state index in [-0.39, 0.29) is 0 Å². The number of aliphatic carboxylic acids is 1. The summed E-state index contributed by atoms with van der Waals surface area (Å²) in [7, 11) is 0. The number of aromatic nitrogens is 3. The molecule has 40 heavy (non-hydrogen) atoms. The van der Waals surface area contributed by atoms with Gasteiger partial charge in [0.25, 0.3) is 0 Å². The number of carboxylic acids is 1. The summed E-state index contributed by atoms with van der Waals surface area (Å²) in [6.07, 6.45) is 0.603. The van der Waals surface area contributed by atoms with E-state index in [1.54, 1.807) is 4.52 Å². The van der Waals surface area contributed by atoms with Gasteiger partial charge < -0.3 is 19.5 Å². The van der Waals surface area contributed by atoms with Gasteiger partial charge in [0.15, 0.2) is 11.8 Å². The van der Waals surface area contributed by atoms with Crippen molar-refractivity contribution in [3.63, 3.8) is 0 Å². The Balaban J connectivity index is 1.84. The molecular formula is C31H33BrN4O4. The van der Waals surface area contributed by atoms with Crippen molar-refractivity contribution in [2.75, 3.05) is 24.6 Å². The Labute approximate surface area is 242 Å². The molecule has 0 bridgehead atoms. The van der Waals surface area contributed by atoms with E-state index in [0.29, 0.717) is 35.8 Å². The lowest BCUT2D eigenvalue weighted by molar-refractivity contribution is -0.160. The van der Waals surface area contributed by atoms with Crippen LogP contribution < -0.4 is 9.64 Å². The highest BCUT2D eigenvalue weighted by Crippen LogP contribution is 2.42. The average molecular weight is 606 g/mol. The van der Waals surface area contributed by atoms with E-state index in [9.17, 15) is 9.90 Å². The maximum atomic E-state index is 12.7. The van der Waals surface area contributed by atoms with Crippen molar-refractivity contribution in [2.24, 2.45) is 0 Å². The number of benzene rings is 2. The number of aryl methyl sites for hydroxylation is 2. The fraction of sp³-hybridized carbons (Fsp3) is 0.323. The smallest absolute Gasteiger partial charge is 0.337 e. The minimum Gasteiger partial charge on any atom is -0.490 e. The molecular weight excluding hydrogens is 572 g/mol. The number of rotatable bonds is 7. The first-order valence-electron chi connectivity index (χ1n) is 13.2. The number of carboxylic acid groups (broad SMARTS) is 1. The predicted molar refractivity (Wildman–Crippen MR) is 160 cm³/mol. The largest absolute Gasteiger partial charge is 0.490 e. The molecule has 1 N–H and O–H groups in total. The Morgan fingerprint density at radius 1 is 1.25 bits per heavy atom. The summed E-state index contributed by atoms with van der Waals surface area (Å²) in [5, 5.41) is 15.4. The second kappa shape index (κ2) is 10.7. The standard InChI is InChI=1S/C31H33BrN4O4/c1-7-11-35-12-13-39-25-14-18(2)22(16-24(25)35)28-27(29(30(37)38)40-31(4,5)6)19(3)33-26-17-23(34-36(26)28)20-9-8-10-21(32)15-20/h7-10,14-17,29H,1,11-13H2,2-6H3,(H,37,38). The monoisotopic (exact) mass is 604 g/mol. The van der Waals surface area contributed by atoms with Gasteiger partial charge in [-0.3, -0.25) is 0 Å². The maximum absolute atomic E-state index is 12.7. The molecule has 208 valence electrons. The number of carbonyl (C=O) groups is 1. The molecule has 0 amide bonds. The van der Waals surface area contributed by atoms with Crippen LogP contribution in [0.25, 0.3) is 28.2 Å². The van der Waals surface area contributed by atoms with Crippen LogP contribution in [0.1, 0.15) is 43.7 Å². The third-order valence-corrected chi connectivity index (χ3v) is 7.27. The number of halogens is 1. The second-order valence-corrected chi connectivity index (χ2v) is 11.9. The van der Waals surface area contributed by atoms with Crippen molar-refractivity contribution in [1.82, 2.24) is 14.6 Å². The van der Waals surface area contributed by atoms with Crippen LogP contribution in [0.2, 0.25) is 0 Å². The first-order chi connectivity index (χ1) is 19.0.